The predicted molar refractivity (Wildman–Crippen MR) is 59.9 cm³/mol. The van der Waals surface area contributed by atoms with E-state index >= 15 is 0 Å². The summed E-state index contributed by atoms with van der Waals surface area (Å²) in [4.78, 5) is 26.6. The number of carboxylic acids is 1. The molecule has 0 bridgehead atoms. The Kier molecular flexibility index (Phi) is 2.67. The highest BCUT2D eigenvalue weighted by molar-refractivity contribution is 9.10. The number of carbonyl (C=O) groups is 2. The molecule has 5 nitrogen and oxygen atoms in total. The fraction of sp³-hybridized carbons (Fsp3) is 0.300. The van der Waals surface area contributed by atoms with Crippen LogP contribution in [0.4, 0.5) is 5.82 Å². The summed E-state index contributed by atoms with van der Waals surface area (Å²) in [5, 5.41) is 11.4. The molecule has 0 atom stereocenters. The summed E-state index contributed by atoms with van der Waals surface area (Å²) in [5.41, 5.74) is -1.24. The molecule has 0 saturated heterocycles. The maximum Gasteiger partial charge on any atom is 0.319 e. The van der Waals surface area contributed by atoms with Gasteiger partial charge in [-0.3, -0.25) is 9.59 Å². The third kappa shape index (κ3) is 1.80. The van der Waals surface area contributed by atoms with Gasteiger partial charge in [-0.05, 0) is 40.9 Å². The van der Waals surface area contributed by atoms with E-state index in [0.717, 1.165) is 0 Å². The largest absolute Gasteiger partial charge is 0.480 e. The van der Waals surface area contributed by atoms with Crippen LogP contribution in [-0.4, -0.2) is 22.0 Å². The minimum atomic E-state index is -1.24. The molecule has 1 fully saturated rings. The first kappa shape index (κ1) is 11.1. The van der Waals surface area contributed by atoms with Crippen LogP contribution in [0.3, 0.4) is 0 Å². The molecule has 0 radical (unpaired) electrons. The minimum absolute atomic E-state index is 0.347. The summed E-state index contributed by atoms with van der Waals surface area (Å²) < 4.78 is 0.629. The summed E-state index contributed by atoms with van der Waals surface area (Å²) in [6, 6.07) is 3.44. The van der Waals surface area contributed by atoms with Gasteiger partial charge in [0.15, 0.2) is 0 Å². The van der Waals surface area contributed by atoms with E-state index in [0.29, 0.717) is 23.1 Å². The van der Waals surface area contributed by atoms with Crippen LogP contribution in [0.2, 0.25) is 0 Å². The van der Waals surface area contributed by atoms with Gasteiger partial charge in [-0.25, -0.2) is 4.98 Å². The number of hydrogen-bond acceptors (Lipinski definition) is 3. The SMILES string of the molecule is O=C(O)C1(C(=O)Nc2ncccc2Br)CC1. The number of rotatable bonds is 3. The molecule has 16 heavy (non-hydrogen) atoms. The number of amides is 1. The molecule has 0 aliphatic heterocycles. The van der Waals surface area contributed by atoms with Crippen LogP contribution in [0.25, 0.3) is 0 Å². The van der Waals surface area contributed by atoms with Crippen molar-refractivity contribution < 1.29 is 14.7 Å². The van der Waals surface area contributed by atoms with Gasteiger partial charge in [0, 0.05) is 6.20 Å². The van der Waals surface area contributed by atoms with Gasteiger partial charge < -0.3 is 10.4 Å². The molecule has 6 heteroatoms. The molecule has 0 unspecified atom stereocenters. The van der Waals surface area contributed by atoms with Gasteiger partial charge in [0.25, 0.3) is 0 Å². The molecule has 0 spiro atoms. The fourth-order valence-corrected chi connectivity index (χ4v) is 1.72. The minimum Gasteiger partial charge on any atom is -0.480 e. The van der Waals surface area contributed by atoms with Gasteiger partial charge in [0.1, 0.15) is 11.2 Å². The quantitative estimate of drug-likeness (QED) is 0.827. The van der Waals surface area contributed by atoms with Crippen LogP contribution in [0.15, 0.2) is 22.8 Å². The van der Waals surface area contributed by atoms with E-state index in [1.807, 2.05) is 0 Å². The molecule has 1 aliphatic carbocycles. The van der Waals surface area contributed by atoms with Gasteiger partial charge in [-0.15, -0.1) is 0 Å². The van der Waals surface area contributed by atoms with Crippen LogP contribution in [0.1, 0.15) is 12.8 Å². The molecular formula is C10H9BrN2O3. The number of carboxylic acid groups (broad SMARTS) is 1. The van der Waals surface area contributed by atoms with Crippen LogP contribution in [0, 0.1) is 5.41 Å². The van der Waals surface area contributed by atoms with E-state index < -0.39 is 17.3 Å². The molecule has 84 valence electrons. The highest BCUT2D eigenvalue weighted by atomic mass is 79.9. The second kappa shape index (κ2) is 3.86. The standard InChI is InChI=1S/C10H9BrN2O3/c11-6-2-1-5-12-7(6)13-8(14)10(3-4-10)9(15)16/h1-2,5H,3-4H2,(H,15,16)(H,12,13,14). The van der Waals surface area contributed by atoms with Gasteiger partial charge in [-0.2, -0.15) is 0 Å². The Labute approximate surface area is 100 Å². The van der Waals surface area contributed by atoms with Crippen LogP contribution < -0.4 is 5.32 Å². The molecule has 2 N–H and O–H groups in total. The first-order valence-corrected chi connectivity index (χ1v) is 5.51. The number of nitrogens with one attached hydrogen (secondary N) is 1. The Morgan fingerprint density at radius 3 is 2.69 bits per heavy atom. The molecular weight excluding hydrogens is 276 g/mol. The van der Waals surface area contributed by atoms with Crippen molar-refractivity contribution in [2.24, 2.45) is 5.41 Å². The fourth-order valence-electron chi connectivity index (χ4n) is 1.37. The van der Waals surface area contributed by atoms with Crippen LogP contribution in [0.5, 0.6) is 0 Å². The summed E-state index contributed by atoms with van der Waals surface area (Å²) >= 11 is 3.22. The normalized spacial score (nSPS) is 16.6. The third-order valence-electron chi connectivity index (χ3n) is 2.58. The maximum atomic E-state index is 11.7. The van der Waals surface area contributed by atoms with E-state index in [1.165, 1.54) is 6.20 Å². The Bertz CT molecular complexity index is 457. The number of aliphatic carboxylic acids is 1. The Morgan fingerprint density at radius 2 is 2.19 bits per heavy atom. The molecule has 1 saturated carbocycles. The third-order valence-corrected chi connectivity index (χ3v) is 3.22. The summed E-state index contributed by atoms with van der Waals surface area (Å²) in [7, 11) is 0. The second-order valence-electron chi connectivity index (χ2n) is 3.68. The Morgan fingerprint density at radius 1 is 1.50 bits per heavy atom. The van der Waals surface area contributed by atoms with Crippen LogP contribution in [-0.2, 0) is 9.59 Å². The molecule has 2 rings (SSSR count). The average molecular weight is 285 g/mol. The number of aromatic nitrogens is 1. The van der Waals surface area contributed by atoms with Gasteiger partial charge in [0.05, 0.1) is 4.47 Å². The zero-order valence-electron chi connectivity index (χ0n) is 8.24. The lowest BCUT2D eigenvalue weighted by molar-refractivity contribution is -0.147. The summed E-state index contributed by atoms with van der Waals surface area (Å²) in [5.74, 6) is -1.23. The Hall–Kier alpha value is -1.43. The van der Waals surface area contributed by atoms with E-state index in [1.54, 1.807) is 12.1 Å². The lowest BCUT2D eigenvalue weighted by Gasteiger charge is -2.10. The molecule has 1 amide bonds. The van der Waals surface area contributed by atoms with Crippen molar-refractivity contribution in [1.82, 2.24) is 4.98 Å². The molecule has 1 aromatic heterocycles. The second-order valence-corrected chi connectivity index (χ2v) is 4.53. The molecule has 1 aliphatic rings. The van der Waals surface area contributed by atoms with Crippen molar-refractivity contribution in [3.05, 3.63) is 22.8 Å². The maximum absolute atomic E-state index is 11.7. The molecule has 1 heterocycles. The van der Waals surface area contributed by atoms with E-state index in [9.17, 15) is 9.59 Å². The average Bonchev–Trinajstić information content (AvgIpc) is 3.02. The van der Waals surface area contributed by atoms with Crippen molar-refractivity contribution in [2.45, 2.75) is 12.8 Å². The van der Waals surface area contributed by atoms with Gasteiger partial charge in [-0.1, -0.05) is 0 Å². The number of carbonyl (C=O) groups excluding carboxylic acids is 1. The smallest absolute Gasteiger partial charge is 0.319 e. The lowest BCUT2D eigenvalue weighted by Crippen LogP contribution is -2.31. The summed E-state index contributed by atoms with van der Waals surface area (Å²) in [6.45, 7) is 0. The van der Waals surface area contributed by atoms with E-state index in [2.05, 4.69) is 26.2 Å². The van der Waals surface area contributed by atoms with E-state index in [-0.39, 0.29) is 0 Å². The van der Waals surface area contributed by atoms with Crippen LogP contribution >= 0.6 is 15.9 Å². The van der Waals surface area contributed by atoms with Crippen molar-refractivity contribution in [2.75, 3.05) is 5.32 Å². The van der Waals surface area contributed by atoms with Gasteiger partial charge >= 0.3 is 5.97 Å². The van der Waals surface area contributed by atoms with Gasteiger partial charge in [0.2, 0.25) is 5.91 Å². The lowest BCUT2D eigenvalue weighted by atomic mass is 10.1. The number of pyridine rings is 1. The number of hydrogen-bond donors (Lipinski definition) is 2. The monoisotopic (exact) mass is 284 g/mol. The highest BCUT2D eigenvalue weighted by Gasteiger charge is 2.57. The van der Waals surface area contributed by atoms with E-state index in [4.69, 9.17) is 5.11 Å². The van der Waals surface area contributed by atoms with Crippen molar-refractivity contribution in [3.63, 3.8) is 0 Å². The number of anilines is 1. The first-order chi connectivity index (χ1) is 7.56. The van der Waals surface area contributed by atoms with Crippen molar-refractivity contribution in [1.29, 1.82) is 0 Å². The molecule has 1 aromatic rings. The van der Waals surface area contributed by atoms with Crippen molar-refractivity contribution >= 4 is 33.6 Å². The first-order valence-electron chi connectivity index (χ1n) is 4.72. The zero-order valence-corrected chi connectivity index (χ0v) is 9.82. The predicted octanol–water partition coefficient (Wildman–Crippen LogP) is 1.65. The summed E-state index contributed by atoms with van der Waals surface area (Å²) in [6.07, 6.45) is 2.30. The Balaban J connectivity index is 2.15. The zero-order chi connectivity index (χ0) is 11.8. The topological polar surface area (TPSA) is 79.3 Å². The highest BCUT2D eigenvalue weighted by Crippen LogP contribution is 2.46. The molecule has 0 aromatic carbocycles. The number of halogens is 1. The van der Waals surface area contributed by atoms with Crippen molar-refractivity contribution in [3.8, 4) is 0 Å². The number of nitrogens with zero attached hydrogens (tertiary/aromatic N) is 1.